The minimum absolute atomic E-state index is 0. The van der Waals surface area contributed by atoms with Gasteiger partial charge in [-0.1, -0.05) is 66.7 Å². The van der Waals surface area contributed by atoms with Crippen molar-refractivity contribution >= 4 is 195 Å². The number of para-hydroxylation sites is 4. The number of aryl methyl sites for hydroxylation is 2. The predicted molar refractivity (Wildman–Crippen MR) is 263 cm³/mol. The molecule has 70 heavy (non-hydrogen) atoms. The van der Waals surface area contributed by atoms with Gasteiger partial charge in [0.25, 0.3) is 30.4 Å². The third kappa shape index (κ3) is 11.2. The van der Waals surface area contributed by atoms with Crippen molar-refractivity contribution in [3.05, 3.63) is 164 Å². The van der Waals surface area contributed by atoms with E-state index >= 15 is 0 Å². The summed E-state index contributed by atoms with van der Waals surface area (Å²) in [6, 6.07) is 41.1. The average molecular weight is 1040 g/mol. The molecule has 345 valence electrons. The number of hydrogen-bond acceptors (Lipinski definition) is 13. The van der Waals surface area contributed by atoms with Crippen molar-refractivity contribution in [3.8, 4) is 16.9 Å². The van der Waals surface area contributed by atoms with Gasteiger partial charge in [-0.3, -0.25) is 13.7 Å². The number of fused-ring (bicyclic) bond motifs is 4. The molecule has 0 saturated carbocycles. The van der Waals surface area contributed by atoms with Crippen molar-refractivity contribution in [2.45, 2.75) is 14.7 Å². The SMILES string of the molecule is C[n+]1c2ccccc2c(-c2c3ccccc3[n+](C)c3ccccc23)c2ccccc21.O=S(=O)(O)c1cc(O)c2ccc3c(S(=O)(=O)O)cc(S(=O)(=O)O)c4ccc1c2c34.O=[N+]([O-])[O-].O=[N+]([O-])[O-].[Na].[Na].[Na]. The Morgan fingerprint density at radius 2 is 0.629 bits per heavy atom. The van der Waals surface area contributed by atoms with Crippen molar-refractivity contribution in [1.82, 2.24) is 0 Å². The van der Waals surface area contributed by atoms with Crippen LogP contribution in [0.3, 0.4) is 0 Å². The van der Waals surface area contributed by atoms with Gasteiger partial charge in [0.05, 0.1) is 31.7 Å². The first-order valence-electron chi connectivity index (χ1n) is 19.1. The molecule has 20 nitrogen and oxygen atoms in total. The Hall–Kier alpha value is -4.93. The van der Waals surface area contributed by atoms with E-state index in [1.54, 1.807) is 0 Å². The third-order valence-electron chi connectivity index (χ3n) is 11.0. The molecule has 4 N–H and O–H groups in total. The molecule has 0 aliphatic carbocycles. The maximum Gasteiger partial charge on any atom is 0.295 e. The molecule has 0 aliphatic rings. The van der Waals surface area contributed by atoms with Crippen molar-refractivity contribution in [2.24, 2.45) is 14.1 Å². The summed E-state index contributed by atoms with van der Waals surface area (Å²) in [4.78, 5) is 14.1. The quantitative estimate of drug-likeness (QED) is 0.0298. The topological polar surface area (TPSA) is 323 Å². The van der Waals surface area contributed by atoms with E-state index in [4.69, 9.17) is 30.6 Å². The first-order valence-corrected chi connectivity index (χ1v) is 23.4. The first-order chi connectivity index (χ1) is 31.4. The number of benzene rings is 8. The zero-order chi connectivity index (χ0) is 48.9. The van der Waals surface area contributed by atoms with Gasteiger partial charge in [0, 0.05) is 162 Å². The maximum atomic E-state index is 11.8. The summed E-state index contributed by atoms with van der Waals surface area (Å²) >= 11 is 0. The van der Waals surface area contributed by atoms with E-state index in [0.717, 1.165) is 18.2 Å². The second-order valence-corrected chi connectivity index (χ2v) is 18.8. The summed E-state index contributed by atoms with van der Waals surface area (Å²) in [5.41, 5.74) is 7.60. The molecule has 26 heteroatoms. The molecule has 10 rings (SSSR count). The van der Waals surface area contributed by atoms with E-state index in [1.807, 2.05) is 0 Å². The molecule has 0 amide bonds. The molecule has 0 spiro atoms. The smallest absolute Gasteiger partial charge is 0.295 e. The number of aromatic hydroxyl groups is 1. The molecule has 8 aromatic carbocycles. The molecule has 0 fully saturated rings. The van der Waals surface area contributed by atoms with Gasteiger partial charge < -0.3 is 35.7 Å². The summed E-state index contributed by atoms with van der Waals surface area (Å²) in [6.45, 7) is 0. The van der Waals surface area contributed by atoms with Crippen LogP contribution < -0.4 is 9.13 Å². The summed E-state index contributed by atoms with van der Waals surface area (Å²) in [5, 5.41) is 44.2. The van der Waals surface area contributed by atoms with E-state index in [-0.39, 0.29) is 121 Å². The summed E-state index contributed by atoms with van der Waals surface area (Å²) in [5.74, 6) is -0.579. The van der Waals surface area contributed by atoms with E-state index < -0.39 is 61.0 Å². The maximum absolute atomic E-state index is 11.8. The van der Waals surface area contributed by atoms with Gasteiger partial charge in [-0.2, -0.15) is 34.4 Å². The van der Waals surface area contributed by atoms with Gasteiger partial charge in [-0.05, 0) is 36.4 Å². The van der Waals surface area contributed by atoms with Crippen LogP contribution in [-0.4, -0.2) is 143 Å². The van der Waals surface area contributed by atoms with E-state index in [9.17, 15) is 44.0 Å². The minimum atomic E-state index is -4.96. The fourth-order valence-corrected chi connectivity index (χ4v) is 10.7. The van der Waals surface area contributed by atoms with Crippen molar-refractivity contribution in [3.63, 3.8) is 0 Å². The molecule has 0 bridgehead atoms. The van der Waals surface area contributed by atoms with Gasteiger partial charge >= 0.3 is 0 Å². The predicted octanol–water partition coefficient (Wildman–Crippen LogP) is 6.02. The second kappa shape index (κ2) is 22.2. The number of hydrogen-bond donors (Lipinski definition) is 4. The number of pyridine rings is 2. The monoisotopic (exact) mass is 1040 g/mol. The zero-order valence-electron chi connectivity index (χ0n) is 37.4. The number of rotatable bonds is 4. The number of aromatic nitrogens is 2. The molecule has 3 radical (unpaired) electrons. The fraction of sp³-hybridized carbons (Fsp3) is 0.0455. The van der Waals surface area contributed by atoms with Crippen LogP contribution in [0.15, 0.2) is 148 Å². The van der Waals surface area contributed by atoms with Gasteiger partial charge in [0.1, 0.15) is 34.5 Å². The van der Waals surface area contributed by atoms with Gasteiger partial charge in [-0.25, -0.2) is 0 Å². The van der Waals surface area contributed by atoms with Gasteiger partial charge in [0.2, 0.25) is 22.1 Å². The third-order valence-corrected chi connectivity index (χ3v) is 13.7. The van der Waals surface area contributed by atoms with Crippen LogP contribution in [0.1, 0.15) is 0 Å². The minimum Gasteiger partial charge on any atom is -0.507 e. The summed E-state index contributed by atoms with van der Waals surface area (Å²) in [7, 11) is -10.4. The Morgan fingerprint density at radius 3 is 0.900 bits per heavy atom. The van der Waals surface area contributed by atoms with Crippen LogP contribution in [0.25, 0.3) is 87.1 Å². The summed E-state index contributed by atoms with van der Waals surface area (Å²) < 4.78 is 104. The Labute approximate surface area is 463 Å². The van der Waals surface area contributed by atoms with Crippen LogP contribution in [-0.2, 0) is 44.4 Å². The Balaban J connectivity index is 0.000000255. The van der Waals surface area contributed by atoms with Crippen LogP contribution in [0, 0.1) is 30.6 Å². The van der Waals surface area contributed by atoms with Gasteiger partial charge in [0.15, 0.2) is 0 Å². The Morgan fingerprint density at radius 1 is 0.400 bits per heavy atom. The second-order valence-electron chi connectivity index (χ2n) is 14.6. The molecule has 0 aliphatic heterocycles. The normalized spacial score (nSPS) is 11.3. The van der Waals surface area contributed by atoms with Gasteiger partial charge in [-0.15, -0.1) is 0 Å². The molecular weight excluding hydrogens is 1010 g/mol. The molecule has 10 aromatic rings. The largest absolute Gasteiger partial charge is 0.507 e. The molecule has 0 atom stereocenters. The molecule has 2 aromatic heterocycles. The van der Waals surface area contributed by atoms with Crippen LogP contribution >= 0.6 is 0 Å². The molecule has 0 saturated heterocycles. The van der Waals surface area contributed by atoms with E-state index in [0.29, 0.717) is 6.07 Å². The summed E-state index contributed by atoms with van der Waals surface area (Å²) in [6.07, 6.45) is 0. The van der Waals surface area contributed by atoms with Crippen molar-refractivity contribution in [2.75, 3.05) is 0 Å². The first kappa shape index (κ1) is 57.6. The van der Waals surface area contributed by atoms with Crippen molar-refractivity contribution < 1.29 is 63.3 Å². The van der Waals surface area contributed by atoms with Crippen molar-refractivity contribution in [1.29, 1.82) is 0 Å². The van der Waals surface area contributed by atoms with Crippen LogP contribution in [0.5, 0.6) is 5.75 Å². The average Bonchev–Trinajstić information content (AvgIpc) is 3.25. The number of nitrogens with zero attached hydrogens (tertiary/aromatic N) is 4. The Bertz CT molecular complexity index is 3750. The molecule has 2 heterocycles. The molecular formula is C44H32N4Na3O16S3. The van der Waals surface area contributed by atoms with Crippen LogP contribution in [0.4, 0.5) is 0 Å². The fourth-order valence-electron chi connectivity index (χ4n) is 8.52. The number of phenolic OH excluding ortho intramolecular Hbond substituents is 1. The van der Waals surface area contributed by atoms with E-state index in [2.05, 4.69) is 120 Å². The Kier molecular flexibility index (Phi) is 18.3. The van der Waals surface area contributed by atoms with Crippen LogP contribution in [0.2, 0.25) is 0 Å². The van der Waals surface area contributed by atoms with E-state index in [1.165, 1.54) is 66.9 Å². The molecule has 0 unspecified atom stereocenters. The zero-order valence-corrected chi connectivity index (χ0v) is 45.9. The number of phenols is 1. The standard InChI is InChI=1S/C28H22N2.C16H10O10S3.2NO3.3Na/c1-29-23-15-7-3-11-19(23)27(20-12-4-8-16-24(20)29)28-21-13-5-9-17-25(21)30(2)26-18-10-6-14-22(26)28;17-11-5-12(27(18,19)20)8-3-4-10-14(29(24,25)26)6-13(28(21,22)23)9-2-1-7(11)15(8)16(9)10;2*2-1(3)4;;;/h3-18H,1-2H3;1-6,17H,(H,18,19,20)(H,21,22,23)(H,24,25,26);;;;;/q+2;;2*-1;;;.